The Hall–Kier alpha value is -0.820. The first-order valence-corrected chi connectivity index (χ1v) is 6.14. The molecule has 80 valence electrons. The van der Waals surface area contributed by atoms with E-state index in [1.54, 1.807) is 11.1 Å². The molecule has 0 saturated heterocycles. The Balaban J connectivity index is 1.66. The van der Waals surface area contributed by atoms with Crippen molar-refractivity contribution in [2.45, 2.75) is 43.6 Å². The smallest absolute Gasteiger partial charge is 0.00757 e. The van der Waals surface area contributed by atoms with Crippen LogP contribution in [0.4, 0.5) is 0 Å². The first-order valence-electron chi connectivity index (χ1n) is 6.14. The highest BCUT2D eigenvalue weighted by atomic mass is 14.9. The fourth-order valence-corrected chi connectivity index (χ4v) is 2.58. The fraction of sp³-hybridized carbons (Fsp3) is 0.571. The Morgan fingerprint density at radius 1 is 0.933 bits per heavy atom. The molecule has 0 amide bonds. The summed E-state index contributed by atoms with van der Waals surface area (Å²) in [6, 6.07) is 10.2. The molecule has 2 aliphatic rings. The fourth-order valence-electron chi connectivity index (χ4n) is 2.58. The van der Waals surface area contributed by atoms with Gasteiger partial charge in [0.05, 0.1) is 0 Å². The zero-order chi connectivity index (χ0) is 10.3. The summed E-state index contributed by atoms with van der Waals surface area (Å²) in [4.78, 5) is 0. The lowest BCUT2D eigenvalue weighted by Crippen LogP contribution is -2.37. The highest BCUT2D eigenvalue weighted by molar-refractivity contribution is 5.31. The molecule has 2 aliphatic carbocycles. The lowest BCUT2D eigenvalue weighted by atomic mass is 9.76. The lowest BCUT2D eigenvalue weighted by Gasteiger charge is -2.35. The number of nitrogens with one attached hydrogen (secondary N) is 1. The van der Waals surface area contributed by atoms with Gasteiger partial charge in [-0.05, 0) is 55.7 Å². The first kappa shape index (κ1) is 9.41. The number of rotatable bonds is 3. The van der Waals surface area contributed by atoms with Gasteiger partial charge in [-0.15, -0.1) is 0 Å². The van der Waals surface area contributed by atoms with Crippen molar-refractivity contribution >= 4 is 0 Å². The summed E-state index contributed by atoms with van der Waals surface area (Å²) in [7, 11) is 2.07. The molecule has 0 atom stereocenters. The highest BCUT2D eigenvalue weighted by Crippen LogP contribution is 2.41. The normalized spacial score (nSPS) is 29.9. The van der Waals surface area contributed by atoms with Crippen molar-refractivity contribution in [2.75, 3.05) is 7.05 Å². The second-order valence-electron chi connectivity index (χ2n) is 5.09. The maximum Gasteiger partial charge on any atom is 0.00757 e. The van der Waals surface area contributed by atoms with E-state index in [2.05, 4.69) is 36.6 Å². The number of benzene rings is 1. The Morgan fingerprint density at radius 3 is 1.93 bits per heavy atom. The minimum Gasteiger partial charge on any atom is -0.317 e. The van der Waals surface area contributed by atoms with E-state index in [9.17, 15) is 0 Å². The monoisotopic (exact) mass is 201 g/mol. The van der Waals surface area contributed by atoms with Gasteiger partial charge in [-0.3, -0.25) is 0 Å². The molecule has 2 fully saturated rings. The third-order valence-corrected chi connectivity index (χ3v) is 4.00. The van der Waals surface area contributed by atoms with Crippen LogP contribution in [0.25, 0.3) is 0 Å². The van der Waals surface area contributed by atoms with Gasteiger partial charge in [-0.1, -0.05) is 24.3 Å². The molecule has 0 heterocycles. The summed E-state index contributed by atoms with van der Waals surface area (Å²) in [5.74, 6) is 1.71. The van der Waals surface area contributed by atoms with E-state index in [-0.39, 0.29) is 0 Å². The van der Waals surface area contributed by atoms with Crippen LogP contribution in [0.3, 0.4) is 0 Å². The Kier molecular flexibility index (Phi) is 2.28. The second kappa shape index (κ2) is 3.64. The number of hydrogen-bond acceptors (Lipinski definition) is 1. The quantitative estimate of drug-likeness (QED) is 0.792. The summed E-state index contributed by atoms with van der Waals surface area (Å²) >= 11 is 0. The maximum absolute atomic E-state index is 3.34. The molecule has 15 heavy (non-hydrogen) atoms. The van der Waals surface area contributed by atoms with Crippen molar-refractivity contribution in [1.29, 1.82) is 0 Å². The van der Waals surface area contributed by atoms with Crippen molar-refractivity contribution in [3.63, 3.8) is 0 Å². The molecule has 1 aromatic carbocycles. The predicted octanol–water partition coefficient (Wildman–Crippen LogP) is 3.03. The van der Waals surface area contributed by atoms with Crippen LogP contribution in [0.2, 0.25) is 0 Å². The minimum absolute atomic E-state index is 0.762. The molecule has 1 heteroatoms. The van der Waals surface area contributed by atoms with Gasteiger partial charge in [0.25, 0.3) is 0 Å². The second-order valence-corrected chi connectivity index (χ2v) is 5.09. The molecule has 0 unspecified atom stereocenters. The third kappa shape index (κ3) is 1.81. The molecule has 2 saturated carbocycles. The molecular formula is C14H19N. The Bertz CT molecular complexity index is 331. The van der Waals surface area contributed by atoms with E-state index in [1.807, 2.05) is 0 Å². The molecule has 1 N–H and O–H groups in total. The van der Waals surface area contributed by atoms with E-state index in [0.717, 1.165) is 17.9 Å². The predicted molar refractivity (Wildman–Crippen MR) is 63.2 cm³/mol. The molecule has 1 nitrogen and oxygen atoms in total. The molecule has 3 rings (SSSR count). The van der Waals surface area contributed by atoms with Crippen molar-refractivity contribution in [3.8, 4) is 0 Å². The molecule has 0 aliphatic heterocycles. The molecule has 0 spiro atoms. The zero-order valence-corrected chi connectivity index (χ0v) is 9.37. The summed E-state index contributed by atoms with van der Waals surface area (Å²) < 4.78 is 0. The van der Waals surface area contributed by atoms with Gasteiger partial charge in [0.2, 0.25) is 0 Å². The van der Waals surface area contributed by atoms with Crippen LogP contribution in [0, 0.1) is 0 Å². The van der Waals surface area contributed by atoms with Gasteiger partial charge in [-0.2, -0.15) is 0 Å². The first-order chi connectivity index (χ1) is 7.36. The van der Waals surface area contributed by atoms with E-state index in [1.165, 1.54) is 25.7 Å². The van der Waals surface area contributed by atoms with E-state index >= 15 is 0 Å². The lowest BCUT2D eigenvalue weighted by molar-refractivity contribution is 0.307. The van der Waals surface area contributed by atoms with Crippen LogP contribution in [0.1, 0.15) is 48.6 Å². The van der Waals surface area contributed by atoms with Crippen LogP contribution >= 0.6 is 0 Å². The van der Waals surface area contributed by atoms with Gasteiger partial charge in [0, 0.05) is 6.04 Å². The standard InChI is InChI=1S/C14H19N/c1-15-14-8-13(9-14)12-6-4-11(5-7-12)10-2-3-10/h4-7,10,13-15H,2-3,8-9H2,1H3. The topological polar surface area (TPSA) is 12.0 Å². The summed E-state index contributed by atoms with van der Waals surface area (Å²) in [6.07, 6.45) is 5.45. The van der Waals surface area contributed by atoms with Crippen LogP contribution in [0.5, 0.6) is 0 Å². The van der Waals surface area contributed by atoms with E-state index in [4.69, 9.17) is 0 Å². The number of hydrogen-bond donors (Lipinski definition) is 1. The largest absolute Gasteiger partial charge is 0.317 e. The van der Waals surface area contributed by atoms with Crippen LogP contribution in [-0.2, 0) is 0 Å². The van der Waals surface area contributed by atoms with Crippen LogP contribution < -0.4 is 5.32 Å². The van der Waals surface area contributed by atoms with E-state index in [0.29, 0.717) is 0 Å². The minimum atomic E-state index is 0.762. The van der Waals surface area contributed by atoms with Gasteiger partial charge >= 0.3 is 0 Å². The summed E-state index contributed by atoms with van der Waals surface area (Å²) in [6.45, 7) is 0. The van der Waals surface area contributed by atoms with Gasteiger partial charge in [0.15, 0.2) is 0 Å². The molecule has 0 bridgehead atoms. The SMILES string of the molecule is CNC1CC(c2ccc(C3CC3)cc2)C1. The van der Waals surface area contributed by atoms with Crippen molar-refractivity contribution in [2.24, 2.45) is 0 Å². The molecule has 0 aromatic heterocycles. The van der Waals surface area contributed by atoms with Crippen LogP contribution in [-0.4, -0.2) is 13.1 Å². The van der Waals surface area contributed by atoms with Crippen LogP contribution in [0.15, 0.2) is 24.3 Å². The van der Waals surface area contributed by atoms with Crippen molar-refractivity contribution in [3.05, 3.63) is 35.4 Å². The van der Waals surface area contributed by atoms with Crippen molar-refractivity contribution < 1.29 is 0 Å². The van der Waals surface area contributed by atoms with Crippen molar-refractivity contribution in [1.82, 2.24) is 5.32 Å². The third-order valence-electron chi connectivity index (χ3n) is 4.00. The molecular weight excluding hydrogens is 182 g/mol. The van der Waals surface area contributed by atoms with E-state index < -0.39 is 0 Å². The van der Waals surface area contributed by atoms with Gasteiger partial charge in [0.1, 0.15) is 0 Å². The zero-order valence-electron chi connectivity index (χ0n) is 9.37. The maximum atomic E-state index is 3.34. The average molecular weight is 201 g/mol. The Morgan fingerprint density at radius 2 is 1.47 bits per heavy atom. The average Bonchev–Trinajstić information content (AvgIpc) is 3.01. The highest BCUT2D eigenvalue weighted by Gasteiger charge is 2.29. The summed E-state index contributed by atoms with van der Waals surface area (Å²) in [5.41, 5.74) is 3.11. The van der Waals surface area contributed by atoms with Gasteiger partial charge < -0.3 is 5.32 Å². The summed E-state index contributed by atoms with van der Waals surface area (Å²) in [5, 5.41) is 3.34. The molecule has 1 aromatic rings. The van der Waals surface area contributed by atoms with Gasteiger partial charge in [-0.25, -0.2) is 0 Å². The molecule has 0 radical (unpaired) electrons. The Labute approximate surface area is 91.9 Å².